The lowest BCUT2D eigenvalue weighted by Crippen LogP contribution is -2.17. The van der Waals surface area contributed by atoms with Crippen LogP contribution in [0.3, 0.4) is 0 Å². The lowest BCUT2D eigenvalue weighted by atomic mass is 10.2. The molecule has 0 saturated carbocycles. The van der Waals surface area contributed by atoms with Crippen LogP contribution in [0.1, 0.15) is 16.1 Å². The number of aromatic nitrogens is 2. The molecule has 2 heterocycles. The highest BCUT2D eigenvalue weighted by Crippen LogP contribution is 2.29. The SMILES string of the molecule is O=C(N/N=C\c1ccccc1)c1cc(-c2ccc(Cl)s2)[nH]n1. The van der Waals surface area contributed by atoms with Crippen LogP contribution in [0.2, 0.25) is 4.34 Å². The lowest BCUT2D eigenvalue weighted by molar-refractivity contribution is 0.0950. The molecule has 0 unspecified atom stereocenters. The lowest BCUT2D eigenvalue weighted by Gasteiger charge is -1.94. The van der Waals surface area contributed by atoms with Crippen molar-refractivity contribution in [3.05, 3.63) is 64.1 Å². The first-order valence-electron chi connectivity index (χ1n) is 6.42. The standard InChI is InChI=1S/C15H11ClN4OS/c16-14-7-6-13(22-14)11-8-12(19-18-11)15(21)20-17-9-10-4-2-1-3-5-10/h1-9H,(H,18,19)(H,20,21)/b17-9-. The quantitative estimate of drug-likeness (QED) is 0.567. The van der Waals surface area contributed by atoms with Gasteiger partial charge in [0.2, 0.25) is 0 Å². The van der Waals surface area contributed by atoms with Crippen LogP contribution >= 0.6 is 22.9 Å². The van der Waals surface area contributed by atoms with Gasteiger partial charge in [-0.3, -0.25) is 9.89 Å². The topological polar surface area (TPSA) is 70.1 Å². The predicted octanol–water partition coefficient (Wildman–Crippen LogP) is 3.56. The van der Waals surface area contributed by atoms with E-state index in [4.69, 9.17) is 11.6 Å². The van der Waals surface area contributed by atoms with Crippen molar-refractivity contribution in [3.63, 3.8) is 0 Å². The summed E-state index contributed by atoms with van der Waals surface area (Å²) in [6.07, 6.45) is 1.57. The minimum atomic E-state index is -0.377. The Bertz CT molecular complexity index is 810. The highest BCUT2D eigenvalue weighted by atomic mass is 35.5. The van der Waals surface area contributed by atoms with Crippen LogP contribution < -0.4 is 5.43 Å². The molecule has 22 heavy (non-hydrogen) atoms. The van der Waals surface area contributed by atoms with Crippen LogP contribution in [0.15, 0.2) is 53.6 Å². The van der Waals surface area contributed by atoms with Crippen LogP contribution in [-0.2, 0) is 0 Å². The van der Waals surface area contributed by atoms with Gasteiger partial charge in [-0.2, -0.15) is 10.2 Å². The number of hydrogen-bond donors (Lipinski definition) is 2. The number of nitrogens with one attached hydrogen (secondary N) is 2. The first-order chi connectivity index (χ1) is 10.7. The highest BCUT2D eigenvalue weighted by molar-refractivity contribution is 7.19. The summed E-state index contributed by atoms with van der Waals surface area (Å²) in [4.78, 5) is 12.9. The molecule has 110 valence electrons. The first-order valence-corrected chi connectivity index (χ1v) is 7.61. The fourth-order valence-corrected chi connectivity index (χ4v) is 2.79. The van der Waals surface area contributed by atoms with Gasteiger partial charge >= 0.3 is 0 Å². The number of aromatic amines is 1. The van der Waals surface area contributed by atoms with Gasteiger partial charge in [-0.25, -0.2) is 5.43 Å². The third-order valence-electron chi connectivity index (χ3n) is 2.83. The Morgan fingerprint density at radius 2 is 2.09 bits per heavy atom. The van der Waals surface area contributed by atoms with E-state index in [9.17, 15) is 4.79 Å². The summed E-state index contributed by atoms with van der Waals surface area (Å²) in [7, 11) is 0. The largest absolute Gasteiger partial charge is 0.291 e. The Kier molecular flexibility index (Phi) is 4.32. The van der Waals surface area contributed by atoms with Crippen molar-refractivity contribution in [3.8, 4) is 10.6 Å². The minimum absolute atomic E-state index is 0.268. The van der Waals surface area contributed by atoms with Crippen molar-refractivity contribution in [1.29, 1.82) is 0 Å². The van der Waals surface area contributed by atoms with Crippen molar-refractivity contribution < 1.29 is 4.79 Å². The Balaban J connectivity index is 1.66. The molecule has 0 aliphatic rings. The van der Waals surface area contributed by atoms with Crippen LogP contribution in [0, 0.1) is 0 Å². The molecule has 0 saturated heterocycles. The first kappa shape index (κ1) is 14.5. The molecule has 0 spiro atoms. The average molecular weight is 331 g/mol. The Morgan fingerprint density at radius 1 is 1.27 bits per heavy atom. The van der Waals surface area contributed by atoms with E-state index in [1.54, 1.807) is 18.3 Å². The predicted molar refractivity (Wildman–Crippen MR) is 88.4 cm³/mol. The normalized spacial score (nSPS) is 11.0. The smallest absolute Gasteiger partial charge is 0.276 e. The molecule has 0 bridgehead atoms. The molecule has 0 aliphatic heterocycles. The average Bonchev–Trinajstić information content (AvgIpc) is 3.17. The summed E-state index contributed by atoms with van der Waals surface area (Å²) in [5.74, 6) is -0.377. The second-order valence-electron chi connectivity index (χ2n) is 4.38. The Labute approximate surface area is 135 Å². The van der Waals surface area contributed by atoms with Crippen molar-refractivity contribution in [1.82, 2.24) is 15.6 Å². The molecule has 3 aromatic rings. The summed E-state index contributed by atoms with van der Waals surface area (Å²) in [5, 5.41) is 10.7. The second kappa shape index (κ2) is 6.55. The van der Waals surface area contributed by atoms with E-state index in [2.05, 4.69) is 20.7 Å². The fraction of sp³-hybridized carbons (Fsp3) is 0. The van der Waals surface area contributed by atoms with Crippen LogP contribution in [0.25, 0.3) is 10.6 Å². The number of amides is 1. The van der Waals surface area contributed by atoms with Crippen LogP contribution in [0.4, 0.5) is 0 Å². The summed E-state index contributed by atoms with van der Waals surface area (Å²) >= 11 is 7.31. The molecule has 1 aromatic carbocycles. The number of carbonyl (C=O) groups excluding carboxylic acids is 1. The Hall–Kier alpha value is -2.44. The molecule has 5 nitrogen and oxygen atoms in total. The van der Waals surface area contributed by atoms with Crippen LogP contribution in [0.5, 0.6) is 0 Å². The monoisotopic (exact) mass is 330 g/mol. The van der Waals surface area contributed by atoms with Crippen molar-refractivity contribution in [2.24, 2.45) is 5.10 Å². The Morgan fingerprint density at radius 3 is 2.82 bits per heavy atom. The number of hydrazone groups is 1. The summed E-state index contributed by atoms with van der Waals surface area (Å²) < 4.78 is 0.683. The molecule has 0 aliphatic carbocycles. The van der Waals surface area contributed by atoms with Gasteiger partial charge in [0.05, 0.1) is 21.1 Å². The van der Waals surface area contributed by atoms with Gasteiger partial charge in [0.25, 0.3) is 5.91 Å². The zero-order valence-electron chi connectivity index (χ0n) is 11.3. The van der Waals surface area contributed by atoms with Crippen molar-refractivity contribution in [2.45, 2.75) is 0 Å². The fourth-order valence-electron chi connectivity index (χ4n) is 1.79. The van der Waals surface area contributed by atoms with E-state index in [0.717, 1.165) is 16.1 Å². The van der Waals surface area contributed by atoms with Gasteiger partial charge in [-0.15, -0.1) is 11.3 Å². The number of thiophene rings is 1. The maximum absolute atomic E-state index is 12.0. The maximum atomic E-state index is 12.0. The number of carbonyl (C=O) groups is 1. The van der Waals surface area contributed by atoms with Crippen LogP contribution in [-0.4, -0.2) is 22.3 Å². The van der Waals surface area contributed by atoms with E-state index < -0.39 is 0 Å². The van der Waals surface area contributed by atoms with Gasteiger partial charge in [0, 0.05) is 0 Å². The zero-order valence-corrected chi connectivity index (χ0v) is 12.9. The summed E-state index contributed by atoms with van der Waals surface area (Å²) in [6, 6.07) is 14.8. The third kappa shape index (κ3) is 3.41. The summed E-state index contributed by atoms with van der Waals surface area (Å²) in [6.45, 7) is 0. The molecule has 0 radical (unpaired) electrons. The highest BCUT2D eigenvalue weighted by Gasteiger charge is 2.11. The zero-order chi connectivity index (χ0) is 15.4. The summed E-state index contributed by atoms with van der Waals surface area (Å²) in [5.41, 5.74) is 4.36. The number of halogens is 1. The molecule has 2 aromatic heterocycles. The van der Waals surface area contributed by atoms with E-state index in [-0.39, 0.29) is 11.6 Å². The second-order valence-corrected chi connectivity index (χ2v) is 6.10. The molecule has 0 fully saturated rings. The van der Waals surface area contributed by atoms with Gasteiger partial charge in [-0.1, -0.05) is 41.9 Å². The maximum Gasteiger partial charge on any atom is 0.291 e. The third-order valence-corrected chi connectivity index (χ3v) is 4.09. The van der Waals surface area contributed by atoms with Crippen molar-refractivity contribution >= 4 is 35.1 Å². The number of hydrogen-bond acceptors (Lipinski definition) is 4. The number of nitrogens with zero attached hydrogens (tertiary/aromatic N) is 2. The molecular formula is C15H11ClN4OS. The molecule has 0 atom stereocenters. The van der Waals surface area contributed by atoms with E-state index in [1.165, 1.54) is 11.3 Å². The van der Waals surface area contributed by atoms with Crippen molar-refractivity contribution in [2.75, 3.05) is 0 Å². The van der Waals surface area contributed by atoms with E-state index in [1.807, 2.05) is 36.4 Å². The number of benzene rings is 1. The number of H-pyrrole nitrogens is 1. The molecular weight excluding hydrogens is 320 g/mol. The van der Waals surface area contributed by atoms with Gasteiger partial charge < -0.3 is 0 Å². The number of rotatable bonds is 4. The van der Waals surface area contributed by atoms with E-state index >= 15 is 0 Å². The van der Waals surface area contributed by atoms with Gasteiger partial charge in [0.1, 0.15) is 0 Å². The molecule has 7 heteroatoms. The molecule has 2 N–H and O–H groups in total. The minimum Gasteiger partial charge on any atom is -0.276 e. The van der Waals surface area contributed by atoms with Gasteiger partial charge in [0.15, 0.2) is 5.69 Å². The van der Waals surface area contributed by atoms with E-state index in [0.29, 0.717) is 4.34 Å². The molecule has 3 rings (SSSR count). The van der Waals surface area contributed by atoms with Gasteiger partial charge in [-0.05, 0) is 23.8 Å². The molecule has 1 amide bonds.